The summed E-state index contributed by atoms with van der Waals surface area (Å²) < 4.78 is 6.96. The summed E-state index contributed by atoms with van der Waals surface area (Å²) in [5, 5.41) is 3.71. The standard InChI is InChI=1S/C18H28BrNO/c1-3-11-20-18(8-4-6-15-7-5-12-21-15)16-13-14(2)9-10-17(16)19/h9-10,13,15,18,20H,3-8,11-12H2,1-2H3. The van der Waals surface area contributed by atoms with Gasteiger partial charge < -0.3 is 10.1 Å². The molecule has 2 unspecified atom stereocenters. The highest BCUT2D eigenvalue weighted by Gasteiger charge is 2.18. The van der Waals surface area contributed by atoms with Crippen molar-refractivity contribution in [2.75, 3.05) is 13.2 Å². The van der Waals surface area contributed by atoms with Crippen LogP contribution in [0.25, 0.3) is 0 Å². The van der Waals surface area contributed by atoms with E-state index in [4.69, 9.17) is 4.74 Å². The van der Waals surface area contributed by atoms with Crippen molar-refractivity contribution in [3.8, 4) is 0 Å². The Kier molecular flexibility index (Phi) is 7.21. The molecule has 21 heavy (non-hydrogen) atoms. The molecule has 2 atom stereocenters. The number of benzene rings is 1. The molecule has 0 aliphatic carbocycles. The molecule has 118 valence electrons. The van der Waals surface area contributed by atoms with E-state index in [1.165, 1.54) is 54.1 Å². The highest BCUT2D eigenvalue weighted by atomic mass is 79.9. The van der Waals surface area contributed by atoms with Crippen LogP contribution in [0.1, 0.15) is 62.6 Å². The summed E-state index contributed by atoms with van der Waals surface area (Å²) >= 11 is 3.72. The smallest absolute Gasteiger partial charge is 0.0576 e. The average molecular weight is 354 g/mol. The number of ether oxygens (including phenoxy) is 1. The molecular formula is C18H28BrNO. The topological polar surface area (TPSA) is 21.3 Å². The van der Waals surface area contributed by atoms with E-state index in [1.807, 2.05) is 0 Å². The number of nitrogens with one attached hydrogen (secondary N) is 1. The maximum absolute atomic E-state index is 5.73. The van der Waals surface area contributed by atoms with Crippen LogP contribution in [-0.4, -0.2) is 19.3 Å². The van der Waals surface area contributed by atoms with Gasteiger partial charge in [0.1, 0.15) is 0 Å². The van der Waals surface area contributed by atoms with Crippen molar-refractivity contribution >= 4 is 15.9 Å². The Hall–Kier alpha value is -0.380. The molecule has 1 aliphatic rings. The third kappa shape index (κ3) is 5.39. The van der Waals surface area contributed by atoms with E-state index >= 15 is 0 Å². The quantitative estimate of drug-likeness (QED) is 0.697. The predicted octanol–water partition coefficient (Wildman–Crippen LogP) is 5.15. The first-order valence-electron chi connectivity index (χ1n) is 8.31. The van der Waals surface area contributed by atoms with Gasteiger partial charge in [-0.25, -0.2) is 0 Å². The lowest BCUT2D eigenvalue weighted by Crippen LogP contribution is -2.23. The maximum Gasteiger partial charge on any atom is 0.0576 e. The van der Waals surface area contributed by atoms with Crippen molar-refractivity contribution in [1.29, 1.82) is 0 Å². The molecule has 0 aromatic heterocycles. The second-order valence-electron chi connectivity index (χ2n) is 6.10. The SMILES string of the molecule is CCCNC(CCCC1CCCO1)c1cc(C)ccc1Br. The van der Waals surface area contributed by atoms with Gasteiger partial charge in [0.2, 0.25) is 0 Å². The summed E-state index contributed by atoms with van der Waals surface area (Å²) in [6.45, 7) is 6.43. The van der Waals surface area contributed by atoms with Crippen LogP contribution < -0.4 is 5.32 Å². The van der Waals surface area contributed by atoms with Crippen LogP contribution in [0, 0.1) is 6.92 Å². The first-order chi connectivity index (χ1) is 10.2. The second-order valence-corrected chi connectivity index (χ2v) is 6.95. The minimum atomic E-state index is 0.445. The Balaban J connectivity index is 1.94. The fourth-order valence-corrected chi connectivity index (χ4v) is 3.56. The molecule has 1 saturated heterocycles. The van der Waals surface area contributed by atoms with Crippen molar-refractivity contribution in [3.63, 3.8) is 0 Å². The molecule has 1 aromatic rings. The Morgan fingerprint density at radius 3 is 3.00 bits per heavy atom. The normalized spacial score (nSPS) is 19.9. The van der Waals surface area contributed by atoms with Crippen LogP contribution >= 0.6 is 15.9 Å². The third-order valence-corrected chi connectivity index (χ3v) is 4.93. The molecule has 0 radical (unpaired) electrons. The van der Waals surface area contributed by atoms with E-state index in [0.717, 1.165) is 13.2 Å². The average Bonchev–Trinajstić information content (AvgIpc) is 2.99. The summed E-state index contributed by atoms with van der Waals surface area (Å²) in [5.74, 6) is 0. The van der Waals surface area contributed by atoms with E-state index in [2.05, 4.69) is 53.3 Å². The molecular weight excluding hydrogens is 326 g/mol. The van der Waals surface area contributed by atoms with Crippen LogP contribution in [0.4, 0.5) is 0 Å². The Bertz CT molecular complexity index is 429. The summed E-state index contributed by atoms with van der Waals surface area (Å²) in [7, 11) is 0. The number of hydrogen-bond acceptors (Lipinski definition) is 2. The van der Waals surface area contributed by atoms with Gasteiger partial charge in [0.15, 0.2) is 0 Å². The van der Waals surface area contributed by atoms with Crippen molar-refractivity contribution in [3.05, 3.63) is 33.8 Å². The fraction of sp³-hybridized carbons (Fsp3) is 0.667. The van der Waals surface area contributed by atoms with Gasteiger partial charge in [-0.3, -0.25) is 0 Å². The predicted molar refractivity (Wildman–Crippen MR) is 92.7 cm³/mol. The van der Waals surface area contributed by atoms with Gasteiger partial charge in [-0.2, -0.15) is 0 Å². The molecule has 2 nitrogen and oxygen atoms in total. The molecule has 0 saturated carbocycles. The van der Waals surface area contributed by atoms with Gasteiger partial charge in [0, 0.05) is 17.1 Å². The Morgan fingerprint density at radius 2 is 2.29 bits per heavy atom. The Morgan fingerprint density at radius 1 is 1.43 bits per heavy atom. The second kappa shape index (κ2) is 8.92. The van der Waals surface area contributed by atoms with E-state index in [9.17, 15) is 0 Å². The molecule has 1 aliphatic heterocycles. The molecule has 3 heteroatoms. The van der Waals surface area contributed by atoms with Crippen molar-refractivity contribution in [2.24, 2.45) is 0 Å². The van der Waals surface area contributed by atoms with Gasteiger partial charge in [0.05, 0.1) is 6.10 Å². The summed E-state index contributed by atoms with van der Waals surface area (Å²) in [5.41, 5.74) is 2.73. The molecule has 1 N–H and O–H groups in total. The lowest BCUT2D eigenvalue weighted by atomic mass is 9.98. The fourth-order valence-electron chi connectivity index (χ4n) is 3.04. The monoisotopic (exact) mass is 353 g/mol. The van der Waals surface area contributed by atoms with Gasteiger partial charge in [-0.1, -0.05) is 40.5 Å². The number of rotatable bonds is 8. The van der Waals surface area contributed by atoms with Crippen molar-refractivity contribution in [2.45, 2.75) is 64.5 Å². The first-order valence-corrected chi connectivity index (χ1v) is 9.11. The van der Waals surface area contributed by atoms with E-state index < -0.39 is 0 Å². The lowest BCUT2D eigenvalue weighted by molar-refractivity contribution is 0.101. The van der Waals surface area contributed by atoms with Crippen molar-refractivity contribution in [1.82, 2.24) is 5.32 Å². The van der Waals surface area contributed by atoms with Crippen LogP contribution in [0.5, 0.6) is 0 Å². The van der Waals surface area contributed by atoms with Gasteiger partial charge in [0.25, 0.3) is 0 Å². The lowest BCUT2D eigenvalue weighted by Gasteiger charge is -2.21. The largest absolute Gasteiger partial charge is 0.378 e. The minimum Gasteiger partial charge on any atom is -0.378 e. The van der Waals surface area contributed by atoms with Crippen LogP contribution in [0.15, 0.2) is 22.7 Å². The zero-order valence-electron chi connectivity index (χ0n) is 13.3. The maximum atomic E-state index is 5.73. The molecule has 2 rings (SSSR count). The number of halogens is 1. The van der Waals surface area contributed by atoms with E-state index in [0.29, 0.717) is 12.1 Å². The van der Waals surface area contributed by atoms with E-state index in [-0.39, 0.29) is 0 Å². The molecule has 1 fully saturated rings. The highest BCUT2D eigenvalue weighted by molar-refractivity contribution is 9.10. The summed E-state index contributed by atoms with van der Waals surface area (Å²) in [4.78, 5) is 0. The molecule has 0 amide bonds. The van der Waals surface area contributed by atoms with Crippen LogP contribution in [0.3, 0.4) is 0 Å². The van der Waals surface area contributed by atoms with Crippen LogP contribution in [-0.2, 0) is 4.74 Å². The van der Waals surface area contributed by atoms with Gasteiger partial charge in [-0.15, -0.1) is 0 Å². The highest BCUT2D eigenvalue weighted by Crippen LogP contribution is 2.29. The molecule has 0 bridgehead atoms. The zero-order chi connectivity index (χ0) is 15.1. The number of aryl methyl sites for hydroxylation is 1. The van der Waals surface area contributed by atoms with Crippen LogP contribution in [0.2, 0.25) is 0 Å². The van der Waals surface area contributed by atoms with Crippen molar-refractivity contribution < 1.29 is 4.74 Å². The van der Waals surface area contributed by atoms with E-state index in [1.54, 1.807) is 0 Å². The van der Waals surface area contributed by atoms with Gasteiger partial charge >= 0.3 is 0 Å². The molecule has 1 aromatic carbocycles. The summed E-state index contributed by atoms with van der Waals surface area (Å²) in [6, 6.07) is 7.09. The molecule has 0 spiro atoms. The minimum absolute atomic E-state index is 0.445. The molecule has 1 heterocycles. The third-order valence-electron chi connectivity index (χ3n) is 4.21. The first kappa shape index (κ1) is 17.0. The summed E-state index contributed by atoms with van der Waals surface area (Å²) in [6.07, 6.45) is 7.79. The Labute approximate surface area is 137 Å². The number of hydrogen-bond donors (Lipinski definition) is 1. The van der Waals surface area contributed by atoms with Gasteiger partial charge in [-0.05, 0) is 63.6 Å². The zero-order valence-corrected chi connectivity index (χ0v) is 14.9.